The molecule has 1 aromatic heterocycles. The Morgan fingerprint density at radius 2 is 1.90 bits per heavy atom. The van der Waals surface area contributed by atoms with Gasteiger partial charge in [0, 0.05) is 22.6 Å². The Morgan fingerprint density at radius 1 is 1.07 bits per heavy atom. The number of allylic oxidation sites excluding steroid dienone is 1. The molecule has 0 radical (unpaired) electrons. The number of benzene rings is 3. The monoisotopic (exact) mass is 570 g/mol. The first-order valence-electron chi connectivity index (χ1n) is 13.8. The maximum absolute atomic E-state index is 13.7. The topological polar surface area (TPSA) is 117 Å². The summed E-state index contributed by atoms with van der Waals surface area (Å²) in [5, 5.41) is 10.5. The highest BCUT2D eigenvalue weighted by Crippen LogP contribution is 2.45. The number of ether oxygens (including phenoxy) is 4. The molecule has 0 amide bonds. The number of methoxy groups -OCH3 is 1. The van der Waals surface area contributed by atoms with Crippen LogP contribution in [0, 0.1) is 24.1 Å². The Labute approximate surface area is 243 Å². The van der Waals surface area contributed by atoms with Gasteiger partial charge < -0.3 is 29.1 Å². The van der Waals surface area contributed by atoms with Crippen molar-refractivity contribution in [3.8, 4) is 29.1 Å². The highest BCUT2D eigenvalue weighted by Gasteiger charge is 2.32. The van der Waals surface area contributed by atoms with E-state index in [1.165, 1.54) is 24.3 Å². The van der Waals surface area contributed by atoms with Gasteiger partial charge in [0.2, 0.25) is 11.6 Å². The van der Waals surface area contributed by atoms with Gasteiger partial charge in [-0.1, -0.05) is 38.3 Å². The van der Waals surface area contributed by atoms with Crippen LogP contribution in [0.25, 0.3) is 11.0 Å². The number of fused-ring (bicyclic) bond motifs is 2. The lowest BCUT2D eigenvalue weighted by molar-refractivity contribution is 0.0702. The first kappa shape index (κ1) is 28.6. The molecule has 4 aromatic rings. The molecule has 8 nitrogen and oxygen atoms in total. The molecule has 0 saturated heterocycles. The molecule has 0 aliphatic carbocycles. The van der Waals surface area contributed by atoms with Crippen molar-refractivity contribution in [3.63, 3.8) is 0 Å². The van der Waals surface area contributed by atoms with E-state index in [0.29, 0.717) is 46.0 Å². The van der Waals surface area contributed by atoms with Crippen molar-refractivity contribution in [2.24, 2.45) is 5.73 Å². The molecular formula is C33H31FN2O6. The summed E-state index contributed by atoms with van der Waals surface area (Å²) in [5.41, 5.74) is 8.68. The summed E-state index contributed by atoms with van der Waals surface area (Å²) in [6.07, 6.45) is 4.36. The van der Waals surface area contributed by atoms with E-state index in [9.17, 15) is 14.4 Å². The molecule has 5 rings (SSSR count). The zero-order valence-corrected chi connectivity index (χ0v) is 23.7. The summed E-state index contributed by atoms with van der Waals surface area (Å²) in [5.74, 6) is -0.137. The smallest absolute Gasteiger partial charge is 0.379 e. The lowest BCUT2D eigenvalue weighted by atomic mass is 9.83. The predicted molar refractivity (Wildman–Crippen MR) is 154 cm³/mol. The van der Waals surface area contributed by atoms with Gasteiger partial charge in [0.05, 0.1) is 19.6 Å². The standard InChI is InChI=1S/C33H31FN2O6/c1-4-5-6-7-14-39-27-12-8-20(15-29(27)38-3)30-23-11-10-22(17-28(23)42-32(36)25(30)18-35)40-33(37)31-19(2)24-16-21(34)9-13-26(24)41-31/h8-13,15-17,30H,4-7,14,36H2,1-3H3. The van der Waals surface area contributed by atoms with E-state index in [2.05, 4.69) is 13.0 Å². The fourth-order valence-electron chi connectivity index (χ4n) is 5.08. The van der Waals surface area contributed by atoms with Gasteiger partial charge in [-0.15, -0.1) is 0 Å². The summed E-state index contributed by atoms with van der Waals surface area (Å²) in [6, 6.07) is 16.6. The Hall–Kier alpha value is -4.97. The number of nitrogens with two attached hydrogens (primary N) is 1. The number of unbranched alkanes of at least 4 members (excludes halogenated alkanes) is 3. The Bertz CT molecular complexity index is 1720. The van der Waals surface area contributed by atoms with E-state index in [0.717, 1.165) is 31.2 Å². The second-order valence-electron chi connectivity index (χ2n) is 10.0. The Kier molecular flexibility index (Phi) is 8.34. The van der Waals surface area contributed by atoms with E-state index < -0.39 is 17.7 Å². The van der Waals surface area contributed by atoms with Crippen molar-refractivity contribution in [2.75, 3.05) is 13.7 Å². The van der Waals surface area contributed by atoms with E-state index in [1.807, 2.05) is 18.2 Å². The molecule has 3 aromatic carbocycles. The number of carbonyl (C=O) groups excluding carboxylic acids is 1. The number of furan rings is 1. The molecule has 1 aliphatic heterocycles. The number of hydrogen-bond acceptors (Lipinski definition) is 8. The number of esters is 1. The van der Waals surface area contributed by atoms with Crippen molar-refractivity contribution < 1.29 is 32.5 Å². The molecule has 42 heavy (non-hydrogen) atoms. The summed E-state index contributed by atoms with van der Waals surface area (Å²) in [4.78, 5) is 13.0. The number of hydrogen-bond donors (Lipinski definition) is 1. The van der Waals surface area contributed by atoms with Crippen molar-refractivity contribution in [3.05, 3.63) is 94.3 Å². The normalized spacial score (nSPS) is 14.2. The maximum atomic E-state index is 13.7. The minimum Gasteiger partial charge on any atom is -0.493 e. The lowest BCUT2D eigenvalue weighted by Gasteiger charge is -2.27. The van der Waals surface area contributed by atoms with Crippen LogP contribution in [0.1, 0.15) is 65.8 Å². The number of halogens is 1. The molecule has 9 heteroatoms. The first-order chi connectivity index (χ1) is 20.3. The van der Waals surface area contributed by atoms with Crippen LogP contribution in [-0.4, -0.2) is 19.7 Å². The molecule has 216 valence electrons. The average molecular weight is 571 g/mol. The SMILES string of the molecule is CCCCCCOc1ccc(C2C(C#N)=C(N)Oc3cc(OC(=O)c4oc5ccc(F)cc5c4C)ccc32)cc1OC. The molecule has 1 aliphatic rings. The fraction of sp³-hybridized carbons (Fsp3) is 0.273. The van der Waals surface area contributed by atoms with Crippen molar-refractivity contribution in [1.29, 1.82) is 5.26 Å². The highest BCUT2D eigenvalue weighted by atomic mass is 19.1. The van der Waals surface area contributed by atoms with Gasteiger partial charge in [-0.05, 0) is 55.3 Å². The number of rotatable bonds is 10. The maximum Gasteiger partial charge on any atom is 0.379 e. The van der Waals surface area contributed by atoms with E-state index in [4.69, 9.17) is 29.1 Å². The van der Waals surface area contributed by atoms with E-state index in [-0.39, 0.29) is 23.0 Å². The third kappa shape index (κ3) is 5.61. The van der Waals surface area contributed by atoms with Crippen molar-refractivity contribution in [2.45, 2.75) is 45.4 Å². The van der Waals surface area contributed by atoms with Crippen LogP contribution in [0.5, 0.6) is 23.0 Å². The van der Waals surface area contributed by atoms with Gasteiger partial charge in [-0.25, -0.2) is 9.18 Å². The highest BCUT2D eigenvalue weighted by molar-refractivity contribution is 5.96. The molecule has 2 heterocycles. The molecule has 0 saturated carbocycles. The molecular weight excluding hydrogens is 539 g/mol. The fourth-order valence-corrected chi connectivity index (χ4v) is 5.08. The lowest BCUT2D eigenvalue weighted by Crippen LogP contribution is -2.21. The zero-order chi connectivity index (χ0) is 29.8. The van der Waals surface area contributed by atoms with Crippen LogP contribution >= 0.6 is 0 Å². The molecule has 0 bridgehead atoms. The first-order valence-corrected chi connectivity index (χ1v) is 13.8. The average Bonchev–Trinajstić information content (AvgIpc) is 3.31. The minimum atomic E-state index is -0.743. The van der Waals surface area contributed by atoms with Crippen LogP contribution in [0.3, 0.4) is 0 Å². The number of nitrogens with zero attached hydrogens (tertiary/aromatic N) is 1. The molecule has 2 N–H and O–H groups in total. The predicted octanol–water partition coefficient (Wildman–Crippen LogP) is 7.29. The molecule has 0 spiro atoms. The largest absolute Gasteiger partial charge is 0.493 e. The summed E-state index contributed by atoms with van der Waals surface area (Å²) in [7, 11) is 1.57. The number of nitriles is 1. The minimum absolute atomic E-state index is 0.0296. The van der Waals surface area contributed by atoms with Crippen LogP contribution < -0.4 is 24.7 Å². The van der Waals surface area contributed by atoms with Gasteiger partial charge in [0.1, 0.15) is 34.5 Å². The van der Waals surface area contributed by atoms with Gasteiger partial charge in [0.25, 0.3) is 0 Å². The third-order valence-corrected chi connectivity index (χ3v) is 7.26. The van der Waals surface area contributed by atoms with Gasteiger partial charge >= 0.3 is 5.97 Å². The summed E-state index contributed by atoms with van der Waals surface area (Å²) < 4.78 is 42.3. The Morgan fingerprint density at radius 3 is 2.67 bits per heavy atom. The van der Waals surface area contributed by atoms with Gasteiger partial charge in [-0.3, -0.25) is 0 Å². The number of carbonyl (C=O) groups is 1. The van der Waals surface area contributed by atoms with Crippen LogP contribution in [0.4, 0.5) is 4.39 Å². The van der Waals surface area contributed by atoms with Crippen LogP contribution in [0.2, 0.25) is 0 Å². The second-order valence-corrected chi connectivity index (χ2v) is 10.0. The van der Waals surface area contributed by atoms with Crippen LogP contribution in [0.15, 0.2) is 70.5 Å². The molecule has 1 atom stereocenters. The van der Waals surface area contributed by atoms with Gasteiger partial charge in [0.15, 0.2) is 11.5 Å². The quantitative estimate of drug-likeness (QED) is 0.120. The zero-order valence-electron chi connectivity index (χ0n) is 23.7. The van der Waals surface area contributed by atoms with Crippen molar-refractivity contribution in [1.82, 2.24) is 0 Å². The second kappa shape index (κ2) is 12.3. The summed E-state index contributed by atoms with van der Waals surface area (Å²) in [6.45, 7) is 4.40. The van der Waals surface area contributed by atoms with E-state index >= 15 is 0 Å². The van der Waals surface area contributed by atoms with E-state index in [1.54, 1.807) is 26.2 Å². The number of aryl methyl sites for hydroxylation is 1. The Balaban J connectivity index is 1.41. The molecule has 0 fully saturated rings. The van der Waals surface area contributed by atoms with Gasteiger partial charge in [-0.2, -0.15) is 5.26 Å². The van der Waals surface area contributed by atoms with Crippen molar-refractivity contribution >= 4 is 16.9 Å². The van der Waals surface area contributed by atoms with Crippen LogP contribution in [-0.2, 0) is 0 Å². The molecule has 1 unspecified atom stereocenters. The third-order valence-electron chi connectivity index (χ3n) is 7.26. The summed E-state index contributed by atoms with van der Waals surface area (Å²) >= 11 is 0.